The first kappa shape index (κ1) is 14.3. The van der Waals surface area contributed by atoms with Crippen molar-refractivity contribution in [2.45, 2.75) is 18.9 Å². The number of amides is 1. The molecule has 1 aliphatic rings. The number of benzene rings is 1. The van der Waals surface area contributed by atoms with Crippen LogP contribution < -0.4 is 5.32 Å². The highest BCUT2D eigenvalue weighted by atomic mass is 79.9. The second-order valence-electron chi connectivity index (χ2n) is 5.02. The van der Waals surface area contributed by atoms with E-state index in [1.165, 1.54) is 0 Å². The smallest absolute Gasteiger partial charge is 0.269 e. The summed E-state index contributed by atoms with van der Waals surface area (Å²) in [7, 11) is 0. The largest absolute Gasteiger partial charge is 0.376 e. The lowest BCUT2D eigenvalue weighted by Gasteiger charge is -2.09. The van der Waals surface area contributed by atoms with Gasteiger partial charge in [0.15, 0.2) is 0 Å². The molecule has 1 fully saturated rings. The Morgan fingerprint density at radius 3 is 2.95 bits per heavy atom. The van der Waals surface area contributed by atoms with E-state index in [1.54, 1.807) is 6.07 Å². The topological polar surface area (TPSA) is 67.0 Å². The van der Waals surface area contributed by atoms with Crippen LogP contribution in [0.25, 0.3) is 11.3 Å². The normalized spacial score (nSPS) is 17.9. The molecular weight excluding hydrogens is 334 g/mol. The summed E-state index contributed by atoms with van der Waals surface area (Å²) in [4.78, 5) is 12.1. The lowest BCUT2D eigenvalue weighted by molar-refractivity contribution is 0.0853. The minimum Gasteiger partial charge on any atom is -0.376 e. The Hall–Kier alpha value is -1.66. The van der Waals surface area contributed by atoms with Crippen molar-refractivity contribution in [2.75, 3.05) is 13.2 Å². The Morgan fingerprint density at radius 2 is 2.24 bits per heavy atom. The number of ether oxygens (including phenoxy) is 1. The first-order valence-corrected chi connectivity index (χ1v) is 7.73. The zero-order valence-electron chi connectivity index (χ0n) is 11.4. The molecule has 6 heteroatoms. The quantitative estimate of drug-likeness (QED) is 0.891. The van der Waals surface area contributed by atoms with Gasteiger partial charge in [0, 0.05) is 23.2 Å². The minimum absolute atomic E-state index is 0.141. The maximum atomic E-state index is 12.1. The molecule has 1 atom stereocenters. The van der Waals surface area contributed by atoms with Crippen LogP contribution in [0.1, 0.15) is 23.3 Å². The second kappa shape index (κ2) is 6.41. The van der Waals surface area contributed by atoms with Crippen molar-refractivity contribution >= 4 is 21.8 Å². The molecule has 0 bridgehead atoms. The van der Waals surface area contributed by atoms with Gasteiger partial charge in [0.1, 0.15) is 5.69 Å². The molecule has 3 rings (SSSR count). The fraction of sp³-hybridized carbons (Fsp3) is 0.333. The van der Waals surface area contributed by atoms with E-state index in [2.05, 4.69) is 31.4 Å². The zero-order chi connectivity index (χ0) is 14.7. The van der Waals surface area contributed by atoms with Crippen LogP contribution in [0.3, 0.4) is 0 Å². The number of nitrogens with one attached hydrogen (secondary N) is 2. The maximum absolute atomic E-state index is 12.1. The van der Waals surface area contributed by atoms with E-state index in [-0.39, 0.29) is 12.0 Å². The molecule has 1 aromatic carbocycles. The van der Waals surface area contributed by atoms with Crippen molar-refractivity contribution < 1.29 is 9.53 Å². The van der Waals surface area contributed by atoms with Gasteiger partial charge in [-0.05, 0) is 31.0 Å². The van der Waals surface area contributed by atoms with Crippen LogP contribution in [-0.4, -0.2) is 35.4 Å². The molecule has 0 radical (unpaired) electrons. The summed E-state index contributed by atoms with van der Waals surface area (Å²) in [6.45, 7) is 1.34. The van der Waals surface area contributed by atoms with E-state index in [0.717, 1.165) is 35.2 Å². The number of carbonyl (C=O) groups excluding carboxylic acids is 1. The molecule has 1 aliphatic heterocycles. The van der Waals surface area contributed by atoms with Crippen molar-refractivity contribution in [3.05, 3.63) is 40.5 Å². The molecule has 1 saturated heterocycles. The van der Waals surface area contributed by atoms with Gasteiger partial charge in [-0.25, -0.2) is 0 Å². The third-order valence-electron chi connectivity index (χ3n) is 3.48. The van der Waals surface area contributed by atoms with Gasteiger partial charge in [0.25, 0.3) is 5.91 Å². The molecule has 0 aliphatic carbocycles. The predicted octanol–water partition coefficient (Wildman–Crippen LogP) is 2.75. The molecule has 5 nitrogen and oxygen atoms in total. The SMILES string of the molecule is O=C(NCC1CCCO1)c1cc(-c2ccc(Br)cc2)n[nH]1. The summed E-state index contributed by atoms with van der Waals surface area (Å²) in [5.74, 6) is -0.152. The summed E-state index contributed by atoms with van der Waals surface area (Å²) < 4.78 is 6.49. The Kier molecular flexibility index (Phi) is 4.36. The van der Waals surface area contributed by atoms with Crippen molar-refractivity contribution in [3.63, 3.8) is 0 Å². The summed E-state index contributed by atoms with van der Waals surface area (Å²) in [5.41, 5.74) is 2.18. The average molecular weight is 350 g/mol. The first-order valence-electron chi connectivity index (χ1n) is 6.93. The summed E-state index contributed by atoms with van der Waals surface area (Å²) in [6, 6.07) is 9.55. The van der Waals surface area contributed by atoms with Crippen LogP contribution in [-0.2, 0) is 4.74 Å². The van der Waals surface area contributed by atoms with Crippen molar-refractivity contribution in [1.82, 2.24) is 15.5 Å². The Balaban J connectivity index is 1.63. The zero-order valence-corrected chi connectivity index (χ0v) is 13.0. The second-order valence-corrected chi connectivity index (χ2v) is 5.93. The number of aromatic amines is 1. The molecule has 110 valence electrons. The van der Waals surface area contributed by atoms with Crippen LogP contribution >= 0.6 is 15.9 Å². The third kappa shape index (κ3) is 3.51. The molecule has 0 spiro atoms. The van der Waals surface area contributed by atoms with Crippen molar-refractivity contribution in [3.8, 4) is 11.3 Å². The van der Waals surface area contributed by atoms with E-state index >= 15 is 0 Å². The van der Waals surface area contributed by atoms with Gasteiger partial charge in [-0.15, -0.1) is 0 Å². The molecule has 21 heavy (non-hydrogen) atoms. The van der Waals surface area contributed by atoms with Gasteiger partial charge in [0.2, 0.25) is 0 Å². The average Bonchev–Trinajstić information content (AvgIpc) is 3.17. The lowest BCUT2D eigenvalue weighted by atomic mass is 10.1. The van der Waals surface area contributed by atoms with Gasteiger partial charge in [-0.1, -0.05) is 28.1 Å². The van der Waals surface area contributed by atoms with Crippen LogP contribution in [0.5, 0.6) is 0 Å². The molecule has 0 saturated carbocycles. The Labute approximate surface area is 131 Å². The van der Waals surface area contributed by atoms with Crippen molar-refractivity contribution in [2.24, 2.45) is 0 Å². The van der Waals surface area contributed by atoms with Crippen LogP contribution in [0.4, 0.5) is 0 Å². The summed E-state index contributed by atoms with van der Waals surface area (Å²) in [6.07, 6.45) is 2.22. The number of hydrogen-bond donors (Lipinski definition) is 2. The van der Waals surface area contributed by atoms with Crippen molar-refractivity contribution in [1.29, 1.82) is 0 Å². The van der Waals surface area contributed by atoms with Gasteiger partial charge in [0.05, 0.1) is 11.8 Å². The number of nitrogens with zero attached hydrogens (tertiary/aromatic N) is 1. The minimum atomic E-state index is -0.152. The Morgan fingerprint density at radius 1 is 1.43 bits per heavy atom. The lowest BCUT2D eigenvalue weighted by Crippen LogP contribution is -2.31. The number of aromatic nitrogens is 2. The van der Waals surface area contributed by atoms with Crippen LogP contribution in [0.2, 0.25) is 0 Å². The number of H-pyrrole nitrogens is 1. The standard InChI is InChI=1S/C15H16BrN3O2/c16-11-5-3-10(4-6-11)13-8-14(19-18-13)15(20)17-9-12-2-1-7-21-12/h3-6,8,12H,1-2,7,9H2,(H,17,20)(H,18,19). The van der Waals surface area contributed by atoms with E-state index in [9.17, 15) is 4.79 Å². The monoisotopic (exact) mass is 349 g/mol. The predicted molar refractivity (Wildman–Crippen MR) is 83.0 cm³/mol. The van der Waals surface area contributed by atoms with E-state index in [1.807, 2.05) is 24.3 Å². The highest BCUT2D eigenvalue weighted by Gasteiger charge is 2.17. The summed E-state index contributed by atoms with van der Waals surface area (Å²) in [5, 5.41) is 9.84. The number of carbonyl (C=O) groups is 1. The van der Waals surface area contributed by atoms with E-state index in [4.69, 9.17) is 4.74 Å². The van der Waals surface area contributed by atoms with E-state index in [0.29, 0.717) is 12.2 Å². The van der Waals surface area contributed by atoms with E-state index < -0.39 is 0 Å². The number of halogens is 1. The summed E-state index contributed by atoms with van der Waals surface area (Å²) >= 11 is 3.39. The maximum Gasteiger partial charge on any atom is 0.269 e. The fourth-order valence-electron chi connectivity index (χ4n) is 2.31. The number of hydrogen-bond acceptors (Lipinski definition) is 3. The molecule has 1 amide bonds. The fourth-order valence-corrected chi connectivity index (χ4v) is 2.58. The van der Waals surface area contributed by atoms with Crippen LogP contribution in [0, 0.1) is 0 Å². The first-order chi connectivity index (χ1) is 10.2. The highest BCUT2D eigenvalue weighted by Crippen LogP contribution is 2.20. The highest BCUT2D eigenvalue weighted by molar-refractivity contribution is 9.10. The third-order valence-corrected chi connectivity index (χ3v) is 4.01. The van der Waals surface area contributed by atoms with Gasteiger partial charge < -0.3 is 10.1 Å². The van der Waals surface area contributed by atoms with Crippen LogP contribution in [0.15, 0.2) is 34.8 Å². The van der Waals surface area contributed by atoms with Gasteiger partial charge in [-0.3, -0.25) is 9.89 Å². The van der Waals surface area contributed by atoms with Gasteiger partial charge in [-0.2, -0.15) is 5.10 Å². The molecule has 2 N–H and O–H groups in total. The molecule has 1 unspecified atom stereocenters. The molecular formula is C15H16BrN3O2. The molecule has 2 heterocycles. The molecule has 1 aromatic heterocycles. The molecule has 2 aromatic rings. The number of rotatable bonds is 4. The van der Waals surface area contributed by atoms with Gasteiger partial charge >= 0.3 is 0 Å². The Bertz CT molecular complexity index is 618.